The van der Waals surface area contributed by atoms with Gasteiger partial charge in [-0.3, -0.25) is 10.4 Å². The molecular weight excluding hydrogens is 270 g/mol. The number of hydrazine groups is 1. The van der Waals surface area contributed by atoms with Crippen LogP contribution >= 0.6 is 11.3 Å². The van der Waals surface area contributed by atoms with Gasteiger partial charge >= 0.3 is 0 Å². The van der Waals surface area contributed by atoms with Crippen molar-refractivity contribution in [3.05, 3.63) is 41.2 Å². The molecule has 0 aromatic carbocycles. The van der Waals surface area contributed by atoms with Crippen LogP contribution in [0.4, 0.5) is 5.13 Å². The number of nitrogens with zero attached hydrogens (tertiary/aromatic N) is 2. The Hall–Kier alpha value is -1.50. The van der Waals surface area contributed by atoms with Crippen molar-refractivity contribution in [1.82, 2.24) is 20.8 Å². The van der Waals surface area contributed by atoms with Crippen LogP contribution in [0.2, 0.25) is 0 Å². The number of nitrogens with one attached hydrogen (secondary N) is 3. The molecule has 3 heterocycles. The lowest BCUT2D eigenvalue weighted by Gasteiger charge is -2.18. The highest BCUT2D eigenvalue weighted by molar-refractivity contribution is 7.15. The van der Waals surface area contributed by atoms with Gasteiger partial charge in [0.2, 0.25) is 0 Å². The van der Waals surface area contributed by atoms with E-state index in [-0.39, 0.29) is 0 Å². The molecule has 2 aromatic rings. The molecule has 5 nitrogen and oxygen atoms in total. The van der Waals surface area contributed by atoms with Gasteiger partial charge < -0.3 is 5.32 Å². The molecule has 0 saturated carbocycles. The van der Waals surface area contributed by atoms with Crippen molar-refractivity contribution in [2.24, 2.45) is 5.92 Å². The fraction of sp³-hybridized carbons (Fsp3) is 0.429. The summed E-state index contributed by atoms with van der Waals surface area (Å²) in [5, 5.41) is 4.46. The topological polar surface area (TPSA) is 61.9 Å². The molecule has 2 unspecified atom stereocenters. The maximum absolute atomic E-state index is 4.40. The van der Waals surface area contributed by atoms with Gasteiger partial charge in [-0.25, -0.2) is 10.4 Å². The molecule has 106 valence electrons. The highest BCUT2D eigenvalue weighted by Crippen LogP contribution is 2.25. The van der Waals surface area contributed by atoms with E-state index in [1.165, 1.54) is 10.4 Å². The Kier molecular flexibility index (Phi) is 4.25. The number of aryl methyl sites for hydroxylation is 1. The van der Waals surface area contributed by atoms with Gasteiger partial charge in [-0.15, -0.1) is 11.3 Å². The summed E-state index contributed by atoms with van der Waals surface area (Å²) in [5.41, 5.74) is 7.79. The fourth-order valence-corrected chi connectivity index (χ4v) is 3.17. The highest BCUT2D eigenvalue weighted by atomic mass is 32.1. The maximum atomic E-state index is 4.40. The van der Waals surface area contributed by atoms with Gasteiger partial charge in [-0.05, 0) is 18.1 Å². The summed E-state index contributed by atoms with van der Waals surface area (Å²) < 4.78 is 0. The van der Waals surface area contributed by atoms with E-state index in [0.717, 1.165) is 24.6 Å². The molecule has 3 N–H and O–H groups in total. The lowest BCUT2D eigenvalue weighted by molar-refractivity contribution is 0.491. The van der Waals surface area contributed by atoms with Gasteiger partial charge in [0.25, 0.3) is 0 Å². The quantitative estimate of drug-likeness (QED) is 0.785. The summed E-state index contributed by atoms with van der Waals surface area (Å²) in [4.78, 5) is 9.92. The zero-order valence-corrected chi connectivity index (χ0v) is 12.3. The van der Waals surface area contributed by atoms with E-state index >= 15 is 0 Å². The van der Waals surface area contributed by atoms with Crippen molar-refractivity contribution in [2.75, 3.05) is 18.4 Å². The number of rotatable bonds is 5. The second-order valence-corrected chi connectivity index (χ2v) is 6.03. The van der Waals surface area contributed by atoms with Crippen LogP contribution < -0.4 is 16.2 Å². The van der Waals surface area contributed by atoms with Crippen LogP contribution in [0.15, 0.2) is 30.7 Å². The summed E-state index contributed by atoms with van der Waals surface area (Å²) in [6.45, 7) is 4.00. The second kappa shape index (κ2) is 6.30. The predicted octanol–water partition coefficient (Wildman–Crippen LogP) is 1.98. The van der Waals surface area contributed by atoms with E-state index < -0.39 is 0 Å². The summed E-state index contributed by atoms with van der Waals surface area (Å²) in [6.07, 6.45) is 6.73. The minimum absolute atomic E-state index is 0.293. The lowest BCUT2D eigenvalue weighted by Crippen LogP contribution is -2.26. The summed E-state index contributed by atoms with van der Waals surface area (Å²) in [6, 6.07) is 4.39. The number of anilines is 1. The molecule has 0 spiro atoms. The molecule has 0 radical (unpaired) electrons. The molecule has 1 saturated heterocycles. The third-order valence-electron chi connectivity index (χ3n) is 3.55. The SMILES string of the molecule is CCc1cnc(NCC2CNNC2c2cccnc2)s1. The van der Waals surface area contributed by atoms with Gasteiger partial charge in [0.05, 0.1) is 6.04 Å². The van der Waals surface area contributed by atoms with Gasteiger partial charge in [-0.2, -0.15) is 0 Å². The molecule has 1 aliphatic rings. The van der Waals surface area contributed by atoms with Crippen molar-refractivity contribution >= 4 is 16.5 Å². The average molecular weight is 289 g/mol. The molecule has 3 rings (SSSR count). The fourth-order valence-electron chi connectivity index (χ4n) is 2.41. The van der Waals surface area contributed by atoms with Crippen molar-refractivity contribution in [2.45, 2.75) is 19.4 Å². The molecule has 6 heteroatoms. The largest absolute Gasteiger partial charge is 0.361 e. The summed E-state index contributed by atoms with van der Waals surface area (Å²) in [5.74, 6) is 0.480. The number of thiazole rings is 1. The first kappa shape index (κ1) is 13.5. The third kappa shape index (κ3) is 2.98. The summed E-state index contributed by atoms with van der Waals surface area (Å²) >= 11 is 1.74. The first-order valence-electron chi connectivity index (χ1n) is 6.93. The first-order valence-corrected chi connectivity index (χ1v) is 7.75. The Bertz CT molecular complexity index is 542. The van der Waals surface area contributed by atoms with E-state index in [4.69, 9.17) is 0 Å². The average Bonchev–Trinajstić information content (AvgIpc) is 3.15. The van der Waals surface area contributed by atoms with Crippen LogP contribution in [0.1, 0.15) is 23.4 Å². The molecule has 0 bridgehead atoms. The molecule has 1 fully saturated rings. The zero-order chi connectivity index (χ0) is 13.8. The molecule has 20 heavy (non-hydrogen) atoms. The Labute approximate surface area is 122 Å². The Morgan fingerprint density at radius 1 is 1.45 bits per heavy atom. The minimum atomic E-state index is 0.293. The molecule has 1 aliphatic heterocycles. The van der Waals surface area contributed by atoms with Crippen LogP contribution in [0.3, 0.4) is 0 Å². The number of aromatic nitrogens is 2. The lowest BCUT2D eigenvalue weighted by atomic mass is 9.96. The van der Waals surface area contributed by atoms with Gasteiger partial charge in [0.15, 0.2) is 5.13 Å². The van der Waals surface area contributed by atoms with Crippen LogP contribution in [0, 0.1) is 5.92 Å². The Morgan fingerprint density at radius 3 is 3.15 bits per heavy atom. The van der Waals surface area contributed by atoms with Crippen molar-refractivity contribution in [1.29, 1.82) is 0 Å². The van der Waals surface area contributed by atoms with Crippen molar-refractivity contribution in [3.8, 4) is 0 Å². The van der Waals surface area contributed by atoms with Crippen LogP contribution in [-0.4, -0.2) is 23.1 Å². The van der Waals surface area contributed by atoms with E-state index in [1.54, 1.807) is 17.5 Å². The highest BCUT2D eigenvalue weighted by Gasteiger charge is 2.28. The molecule has 2 atom stereocenters. The number of pyridine rings is 1. The van der Waals surface area contributed by atoms with Crippen LogP contribution in [0.5, 0.6) is 0 Å². The Morgan fingerprint density at radius 2 is 2.40 bits per heavy atom. The van der Waals surface area contributed by atoms with E-state index in [9.17, 15) is 0 Å². The Balaban J connectivity index is 1.61. The third-order valence-corrected chi connectivity index (χ3v) is 4.65. The maximum Gasteiger partial charge on any atom is 0.182 e. The van der Waals surface area contributed by atoms with Crippen LogP contribution in [0.25, 0.3) is 0 Å². The standard InChI is InChI=1S/C14H19N5S/c1-2-12-9-17-14(20-12)16-7-11-8-18-19-13(11)10-4-3-5-15-6-10/h3-6,9,11,13,18-19H,2,7-8H2,1H3,(H,16,17). The van der Waals surface area contributed by atoms with Gasteiger partial charge in [0, 0.05) is 42.5 Å². The zero-order valence-electron chi connectivity index (χ0n) is 11.5. The normalized spacial score (nSPS) is 22.1. The number of hydrogen-bond donors (Lipinski definition) is 3. The smallest absolute Gasteiger partial charge is 0.182 e. The summed E-state index contributed by atoms with van der Waals surface area (Å²) in [7, 11) is 0. The van der Waals surface area contributed by atoms with E-state index in [1.807, 2.05) is 18.5 Å². The predicted molar refractivity (Wildman–Crippen MR) is 81.6 cm³/mol. The van der Waals surface area contributed by atoms with E-state index in [0.29, 0.717) is 12.0 Å². The molecular formula is C14H19N5S. The number of hydrogen-bond acceptors (Lipinski definition) is 6. The molecule has 2 aromatic heterocycles. The first-order chi connectivity index (χ1) is 9.86. The van der Waals surface area contributed by atoms with E-state index in [2.05, 4.69) is 39.1 Å². The minimum Gasteiger partial charge on any atom is -0.361 e. The van der Waals surface area contributed by atoms with Gasteiger partial charge in [-0.1, -0.05) is 13.0 Å². The molecule has 0 amide bonds. The van der Waals surface area contributed by atoms with Crippen LogP contribution in [-0.2, 0) is 6.42 Å². The second-order valence-electron chi connectivity index (χ2n) is 4.92. The van der Waals surface area contributed by atoms with Gasteiger partial charge in [0.1, 0.15) is 0 Å². The molecule has 0 aliphatic carbocycles. The monoisotopic (exact) mass is 289 g/mol. The van der Waals surface area contributed by atoms with Crippen molar-refractivity contribution in [3.63, 3.8) is 0 Å². The van der Waals surface area contributed by atoms with Crippen molar-refractivity contribution < 1.29 is 0 Å².